The number of hydrogen-bond donors (Lipinski definition) is 6. The van der Waals surface area contributed by atoms with Gasteiger partial charge in [0.25, 0.3) is 0 Å². The summed E-state index contributed by atoms with van der Waals surface area (Å²) in [5, 5.41) is 49.1. The van der Waals surface area contributed by atoms with Gasteiger partial charge in [-0.2, -0.15) is 0 Å². The highest BCUT2D eigenvalue weighted by atomic mass is 32.7. The Balaban J connectivity index is 2.07. The summed E-state index contributed by atoms with van der Waals surface area (Å²) in [7, 11) is 0. The summed E-state index contributed by atoms with van der Waals surface area (Å²) in [6.07, 6.45) is 6.51. The summed E-state index contributed by atoms with van der Waals surface area (Å²) in [6, 6.07) is 0. The van der Waals surface area contributed by atoms with E-state index >= 15 is 0 Å². The molecule has 0 radical (unpaired) electrons. The van der Waals surface area contributed by atoms with Gasteiger partial charge in [0, 0.05) is 5.75 Å². The normalized spacial score (nSPS) is 31.9. The second-order valence-electron chi connectivity index (χ2n) is 9.46. The molecule has 0 aromatic rings. The molecule has 1 fully saturated rings. The van der Waals surface area contributed by atoms with Crippen molar-refractivity contribution >= 4 is 18.2 Å². The van der Waals surface area contributed by atoms with Gasteiger partial charge in [-0.25, -0.2) is 4.57 Å². The highest BCUT2D eigenvalue weighted by Gasteiger charge is 2.51. The van der Waals surface area contributed by atoms with Gasteiger partial charge in [-0.05, 0) is 17.8 Å². The van der Waals surface area contributed by atoms with E-state index in [9.17, 15) is 35.0 Å². The van der Waals surface area contributed by atoms with Crippen molar-refractivity contribution in [2.45, 2.75) is 146 Å². The number of aliphatic hydroxyl groups is 5. The molecule has 0 bridgehead atoms. The van der Waals surface area contributed by atoms with Gasteiger partial charge in [-0.3, -0.25) is 4.52 Å². The summed E-state index contributed by atoms with van der Waals surface area (Å²) in [6.45, 7) is -2.21. The summed E-state index contributed by atoms with van der Waals surface area (Å²) in [4.78, 5) is 10.1. The van der Waals surface area contributed by atoms with E-state index in [0.717, 1.165) is 19.3 Å². The molecule has 0 heterocycles. The standard InChI is InChI=1S/C24H49O8PS/c1-2-3-4-5-6-7-8-9-10-11-12-13-14-15-16-17-18-34-33(30,31)32-24-22(28)20(26)19(25)21(27)23(24)29/h19-29H,2-18H2,1H3,(H,30,31)/t19?,20-,21+,22-,23-,24?/m0/s1/i24T. The van der Waals surface area contributed by atoms with Crippen LogP contribution in [0.2, 0.25) is 0 Å². The SMILES string of the molecule is [3H]C1(OP(=O)(O)SCCCCCCCCCCCCCCCCCC)[C@@H](O)[C@H](O)C(O)[C@H](O)[C@@H]1O. The molecule has 3 unspecified atom stereocenters. The maximum absolute atomic E-state index is 12.4. The fraction of sp³-hybridized carbons (Fsp3) is 1.00. The zero-order chi connectivity index (χ0) is 26.3. The molecule has 6 N–H and O–H groups in total. The van der Waals surface area contributed by atoms with Crippen molar-refractivity contribution in [1.82, 2.24) is 0 Å². The Hall–Kier alpha value is 0.300. The maximum Gasteiger partial charge on any atom is 0.387 e. The zero-order valence-corrected chi connectivity index (χ0v) is 22.5. The average molecular weight is 531 g/mol. The van der Waals surface area contributed by atoms with Crippen LogP contribution in [0.5, 0.6) is 0 Å². The third-order valence-corrected chi connectivity index (χ3v) is 9.39. The van der Waals surface area contributed by atoms with Crippen LogP contribution < -0.4 is 0 Å². The molecule has 0 saturated heterocycles. The number of hydrogen-bond acceptors (Lipinski definition) is 8. The minimum Gasteiger partial charge on any atom is -0.387 e. The monoisotopic (exact) mass is 530 g/mol. The van der Waals surface area contributed by atoms with Gasteiger partial charge in [0.1, 0.15) is 36.6 Å². The molecule has 204 valence electrons. The molecular formula is C24H49O8PS. The van der Waals surface area contributed by atoms with Crippen molar-refractivity contribution < 1.29 is 40.9 Å². The molecule has 1 aliphatic carbocycles. The molecule has 0 aromatic carbocycles. The molecular weight excluding hydrogens is 479 g/mol. The van der Waals surface area contributed by atoms with Crippen LogP contribution in [0.4, 0.5) is 0 Å². The average Bonchev–Trinajstić information content (AvgIpc) is 2.82. The Morgan fingerprint density at radius 2 is 0.971 bits per heavy atom. The Morgan fingerprint density at radius 1 is 0.647 bits per heavy atom. The van der Waals surface area contributed by atoms with Crippen molar-refractivity contribution in [2.75, 3.05) is 5.75 Å². The Bertz CT molecular complexity index is 586. The highest BCUT2D eigenvalue weighted by molar-refractivity contribution is 8.54. The van der Waals surface area contributed by atoms with E-state index in [1.165, 1.54) is 77.0 Å². The highest BCUT2D eigenvalue weighted by Crippen LogP contribution is 2.57. The van der Waals surface area contributed by atoms with Gasteiger partial charge in [-0.15, -0.1) is 0 Å². The molecule has 0 aliphatic heterocycles. The lowest BCUT2D eigenvalue weighted by molar-refractivity contribution is -0.217. The van der Waals surface area contributed by atoms with Gasteiger partial charge >= 0.3 is 6.80 Å². The molecule has 7 atom stereocenters. The first-order valence-electron chi connectivity index (χ1n) is 13.6. The molecule has 0 aromatic heterocycles. The van der Waals surface area contributed by atoms with E-state index in [1.54, 1.807) is 0 Å². The molecule has 34 heavy (non-hydrogen) atoms. The van der Waals surface area contributed by atoms with Crippen LogP contribution in [0.15, 0.2) is 0 Å². The van der Waals surface area contributed by atoms with Crippen molar-refractivity contribution in [3.8, 4) is 0 Å². The van der Waals surface area contributed by atoms with Gasteiger partial charge in [0.05, 0.1) is 1.37 Å². The first-order valence-corrected chi connectivity index (χ1v) is 16.3. The van der Waals surface area contributed by atoms with Crippen molar-refractivity contribution in [3.63, 3.8) is 0 Å². The number of aliphatic hydroxyl groups excluding tert-OH is 5. The van der Waals surface area contributed by atoms with Crippen LogP contribution in [0, 0.1) is 0 Å². The smallest absolute Gasteiger partial charge is 0.387 e. The predicted molar refractivity (Wildman–Crippen MR) is 137 cm³/mol. The second kappa shape index (κ2) is 18.5. The quantitative estimate of drug-likeness (QED) is 0.100. The zero-order valence-electron chi connectivity index (χ0n) is 21.8. The van der Waals surface area contributed by atoms with Crippen LogP contribution in [0.1, 0.15) is 111 Å². The third-order valence-electron chi connectivity index (χ3n) is 6.40. The Labute approximate surface area is 211 Å². The Kier molecular flexibility index (Phi) is 16.6. The fourth-order valence-electron chi connectivity index (χ4n) is 4.18. The van der Waals surface area contributed by atoms with Crippen LogP contribution in [0.3, 0.4) is 0 Å². The van der Waals surface area contributed by atoms with Crippen LogP contribution in [-0.4, -0.2) is 72.8 Å². The number of rotatable bonds is 20. The molecule has 0 spiro atoms. The lowest BCUT2D eigenvalue weighted by Crippen LogP contribution is -2.64. The minimum atomic E-state index is -4.46. The van der Waals surface area contributed by atoms with Crippen LogP contribution in [-0.2, 0) is 9.09 Å². The van der Waals surface area contributed by atoms with Crippen molar-refractivity contribution in [3.05, 3.63) is 0 Å². The molecule has 1 saturated carbocycles. The first kappa shape index (κ1) is 30.5. The predicted octanol–water partition coefficient (Wildman–Crippen LogP) is 4.28. The minimum absolute atomic E-state index is 0.294. The van der Waals surface area contributed by atoms with Crippen LogP contribution >= 0.6 is 18.2 Å². The summed E-state index contributed by atoms with van der Waals surface area (Å²) < 4.78 is 25.2. The summed E-state index contributed by atoms with van der Waals surface area (Å²) in [5.41, 5.74) is 0. The van der Waals surface area contributed by atoms with Gasteiger partial charge in [0.15, 0.2) is 0 Å². The summed E-state index contributed by atoms with van der Waals surface area (Å²) >= 11 is 0.586. The Morgan fingerprint density at radius 3 is 1.35 bits per heavy atom. The lowest BCUT2D eigenvalue weighted by Gasteiger charge is -2.41. The van der Waals surface area contributed by atoms with E-state index in [0.29, 0.717) is 23.6 Å². The van der Waals surface area contributed by atoms with Crippen LogP contribution in [0.25, 0.3) is 0 Å². The molecule has 0 amide bonds. The maximum atomic E-state index is 12.4. The van der Waals surface area contributed by atoms with Crippen molar-refractivity contribution in [1.29, 1.82) is 0 Å². The van der Waals surface area contributed by atoms with E-state index < -0.39 is 43.4 Å². The van der Waals surface area contributed by atoms with E-state index in [4.69, 9.17) is 5.89 Å². The van der Waals surface area contributed by atoms with E-state index in [-0.39, 0.29) is 0 Å². The third kappa shape index (κ3) is 13.0. The summed E-state index contributed by atoms with van der Waals surface area (Å²) in [5.74, 6) is 0.294. The lowest BCUT2D eigenvalue weighted by atomic mass is 9.85. The van der Waals surface area contributed by atoms with Gasteiger partial charge in [-0.1, -0.05) is 103 Å². The largest absolute Gasteiger partial charge is 0.387 e. The van der Waals surface area contributed by atoms with E-state index in [2.05, 4.69) is 6.92 Å². The van der Waals surface area contributed by atoms with E-state index in [1.807, 2.05) is 0 Å². The second-order valence-corrected chi connectivity index (χ2v) is 13.4. The first-order chi connectivity index (χ1) is 16.6. The van der Waals surface area contributed by atoms with Crippen molar-refractivity contribution in [2.24, 2.45) is 0 Å². The van der Waals surface area contributed by atoms with Gasteiger partial charge in [0.2, 0.25) is 0 Å². The molecule has 10 heteroatoms. The fourth-order valence-corrected chi connectivity index (χ4v) is 6.78. The van der Waals surface area contributed by atoms with Gasteiger partial charge < -0.3 is 30.4 Å². The molecule has 8 nitrogen and oxygen atoms in total. The molecule has 1 aliphatic rings. The molecule has 1 rings (SSSR count). The topological polar surface area (TPSA) is 148 Å². The number of unbranched alkanes of at least 4 members (excludes halogenated alkanes) is 15.